The molecule has 122 valence electrons. The predicted molar refractivity (Wildman–Crippen MR) is 90.4 cm³/mol. The second-order valence-corrected chi connectivity index (χ2v) is 5.38. The topological polar surface area (TPSA) is 76.1 Å². The number of rotatable bonds is 7. The van der Waals surface area contributed by atoms with E-state index in [1.165, 1.54) is 0 Å². The first kappa shape index (κ1) is 16.9. The van der Waals surface area contributed by atoms with E-state index in [0.29, 0.717) is 30.5 Å². The summed E-state index contributed by atoms with van der Waals surface area (Å²) in [6.45, 7) is 4.93. The molecule has 0 spiro atoms. The summed E-state index contributed by atoms with van der Waals surface area (Å²) < 4.78 is 4.94. The molecular formula is C17H22N4O2. The number of nitrogens with zero attached hydrogens (tertiary/aromatic N) is 2. The van der Waals surface area contributed by atoms with E-state index in [1.807, 2.05) is 44.2 Å². The maximum Gasteiger partial charge on any atom is 0.270 e. The van der Waals surface area contributed by atoms with Crippen LogP contribution in [0.2, 0.25) is 0 Å². The van der Waals surface area contributed by atoms with Gasteiger partial charge in [-0.05, 0) is 13.8 Å². The third kappa shape index (κ3) is 5.03. The number of carbonyl (C=O) groups is 1. The Hall–Kier alpha value is -2.47. The Morgan fingerprint density at radius 3 is 2.61 bits per heavy atom. The molecule has 0 saturated carbocycles. The van der Waals surface area contributed by atoms with Gasteiger partial charge in [0, 0.05) is 31.3 Å². The molecule has 2 N–H and O–H groups in total. The van der Waals surface area contributed by atoms with Gasteiger partial charge in [-0.25, -0.2) is 9.97 Å². The highest BCUT2D eigenvalue weighted by Crippen LogP contribution is 2.18. The Balaban J connectivity index is 2.31. The van der Waals surface area contributed by atoms with E-state index in [0.717, 1.165) is 5.56 Å². The van der Waals surface area contributed by atoms with Crippen molar-refractivity contribution in [2.75, 3.05) is 25.6 Å². The third-order valence-corrected chi connectivity index (χ3v) is 3.02. The van der Waals surface area contributed by atoms with Gasteiger partial charge in [-0.2, -0.15) is 0 Å². The van der Waals surface area contributed by atoms with Crippen LogP contribution < -0.4 is 10.6 Å². The maximum atomic E-state index is 12.3. The zero-order valence-corrected chi connectivity index (χ0v) is 13.7. The number of aromatic nitrogens is 2. The minimum atomic E-state index is -0.242. The van der Waals surface area contributed by atoms with Crippen LogP contribution in [0.4, 0.5) is 5.82 Å². The minimum Gasteiger partial charge on any atom is -0.383 e. The summed E-state index contributed by atoms with van der Waals surface area (Å²) in [6, 6.07) is 11.5. The first-order chi connectivity index (χ1) is 11.1. The van der Waals surface area contributed by atoms with Crippen LogP contribution >= 0.6 is 0 Å². The summed E-state index contributed by atoms with van der Waals surface area (Å²) in [6.07, 6.45) is 0. The largest absolute Gasteiger partial charge is 0.383 e. The highest BCUT2D eigenvalue weighted by Gasteiger charge is 2.13. The van der Waals surface area contributed by atoms with Crippen molar-refractivity contribution in [3.05, 3.63) is 42.1 Å². The van der Waals surface area contributed by atoms with Gasteiger partial charge in [0.25, 0.3) is 5.91 Å². The summed E-state index contributed by atoms with van der Waals surface area (Å²) in [4.78, 5) is 21.1. The molecule has 0 aliphatic carbocycles. The smallest absolute Gasteiger partial charge is 0.270 e. The number of anilines is 1. The molecule has 1 heterocycles. The van der Waals surface area contributed by atoms with Crippen molar-refractivity contribution in [1.82, 2.24) is 15.3 Å². The fraction of sp³-hybridized carbons (Fsp3) is 0.353. The van der Waals surface area contributed by atoms with Crippen molar-refractivity contribution in [2.45, 2.75) is 19.9 Å². The van der Waals surface area contributed by atoms with Crippen molar-refractivity contribution in [3.63, 3.8) is 0 Å². The zero-order chi connectivity index (χ0) is 16.7. The number of benzene rings is 1. The molecule has 1 aromatic carbocycles. The highest BCUT2D eigenvalue weighted by atomic mass is 16.5. The van der Waals surface area contributed by atoms with E-state index in [2.05, 4.69) is 20.6 Å². The van der Waals surface area contributed by atoms with Gasteiger partial charge in [0.2, 0.25) is 0 Å². The maximum absolute atomic E-state index is 12.3. The molecule has 0 radical (unpaired) electrons. The van der Waals surface area contributed by atoms with Crippen LogP contribution in [0.1, 0.15) is 24.3 Å². The van der Waals surface area contributed by atoms with Crippen molar-refractivity contribution in [2.24, 2.45) is 0 Å². The molecule has 6 heteroatoms. The minimum absolute atomic E-state index is 0.206. The van der Waals surface area contributed by atoms with Gasteiger partial charge in [0.15, 0.2) is 5.82 Å². The highest BCUT2D eigenvalue weighted by molar-refractivity contribution is 5.93. The first-order valence-electron chi connectivity index (χ1n) is 7.58. The van der Waals surface area contributed by atoms with Crippen LogP contribution in [0.5, 0.6) is 0 Å². The van der Waals surface area contributed by atoms with Gasteiger partial charge < -0.3 is 15.4 Å². The summed E-state index contributed by atoms with van der Waals surface area (Å²) in [5.74, 6) is 0.910. The fourth-order valence-electron chi connectivity index (χ4n) is 2.01. The number of methoxy groups -OCH3 is 1. The number of hydrogen-bond acceptors (Lipinski definition) is 5. The number of carbonyl (C=O) groups excluding carboxylic acids is 1. The second kappa shape index (κ2) is 8.24. The molecule has 0 atom stereocenters. The number of amides is 1. The van der Waals surface area contributed by atoms with Crippen LogP contribution in [0.25, 0.3) is 11.4 Å². The van der Waals surface area contributed by atoms with E-state index in [9.17, 15) is 4.79 Å². The quantitative estimate of drug-likeness (QED) is 0.767. The Morgan fingerprint density at radius 1 is 1.22 bits per heavy atom. The number of nitrogens with one attached hydrogen (secondary N) is 2. The second-order valence-electron chi connectivity index (χ2n) is 5.38. The Bertz CT molecular complexity index is 644. The lowest BCUT2D eigenvalue weighted by molar-refractivity contribution is 0.0932. The van der Waals surface area contributed by atoms with Gasteiger partial charge in [-0.15, -0.1) is 0 Å². The van der Waals surface area contributed by atoms with Gasteiger partial charge in [-0.1, -0.05) is 30.3 Å². The molecule has 0 bridgehead atoms. The van der Waals surface area contributed by atoms with Gasteiger partial charge in [0.1, 0.15) is 11.5 Å². The van der Waals surface area contributed by atoms with Gasteiger partial charge in [0.05, 0.1) is 6.61 Å². The molecule has 1 amide bonds. The van der Waals surface area contributed by atoms with Crippen LogP contribution in [0.3, 0.4) is 0 Å². The average Bonchev–Trinajstić information content (AvgIpc) is 2.55. The molecule has 2 rings (SSSR count). The summed E-state index contributed by atoms with van der Waals surface area (Å²) in [5, 5.41) is 6.00. The molecule has 0 aliphatic heterocycles. The standard InChI is InChI=1S/C17H22N4O2/c1-12(2)19-15-11-14(17(22)18-9-10-23-3)20-16(21-15)13-7-5-4-6-8-13/h4-8,11-12H,9-10H2,1-3H3,(H,18,22)(H,19,20,21). The molecule has 0 aliphatic rings. The van der Waals surface area contributed by atoms with E-state index >= 15 is 0 Å². The number of ether oxygens (including phenoxy) is 1. The fourth-order valence-corrected chi connectivity index (χ4v) is 2.01. The molecule has 0 fully saturated rings. The van der Waals surface area contributed by atoms with Gasteiger partial charge in [-0.3, -0.25) is 4.79 Å². The Morgan fingerprint density at radius 2 is 1.96 bits per heavy atom. The predicted octanol–water partition coefficient (Wildman–Crippen LogP) is 2.34. The lowest BCUT2D eigenvalue weighted by atomic mass is 10.2. The molecule has 1 aromatic heterocycles. The van der Waals surface area contributed by atoms with Crippen molar-refractivity contribution < 1.29 is 9.53 Å². The van der Waals surface area contributed by atoms with Crippen molar-refractivity contribution in [1.29, 1.82) is 0 Å². The molecule has 6 nitrogen and oxygen atoms in total. The summed E-state index contributed by atoms with van der Waals surface area (Å²) >= 11 is 0. The number of hydrogen-bond donors (Lipinski definition) is 2. The molecule has 0 saturated heterocycles. The van der Waals surface area contributed by atoms with Crippen LogP contribution in [0, 0.1) is 0 Å². The lowest BCUT2D eigenvalue weighted by Gasteiger charge is -2.12. The molecular weight excluding hydrogens is 292 g/mol. The third-order valence-electron chi connectivity index (χ3n) is 3.02. The van der Waals surface area contributed by atoms with Crippen LogP contribution in [-0.4, -0.2) is 42.2 Å². The van der Waals surface area contributed by atoms with E-state index in [1.54, 1.807) is 13.2 Å². The van der Waals surface area contributed by atoms with Crippen molar-refractivity contribution in [3.8, 4) is 11.4 Å². The van der Waals surface area contributed by atoms with E-state index in [4.69, 9.17) is 4.74 Å². The van der Waals surface area contributed by atoms with Crippen LogP contribution in [-0.2, 0) is 4.74 Å². The van der Waals surface area contributed by atoms with Gasteiger partial charge >= 0.3 is 0 Å². The van der Waals surface area contributed by atoms with E-state index in [-0.39, 0.29) is 11.9 Å². The summed E-state index contributed by atoms with van der Waals surface area (Å²) in [5.41, 5.74) is 1.20. The Kier molecular flexibility index (Phi) is 6.05. The monoisotopic (exact) mass is 314 g/mol. The molecule has 0 unspecified atom stereocenters. The van der Waals surface area contributed by atoms with Crippen LogP contribution in [0.15, 0.2) is 36.4 Å². The normalized spacial score (nSPS) is 10.6. The van der Waals surface area contributed by atoms with E-state index < -0.39 is 0 Å². The average molecular weight is 314 g/mol. The first-order valence-corrected chi connectivity index (χ1v) is 7.58. The lowest BCUT2D eigenvalue weighted by Crippen LogP contribution is -2.28. The molecule has 2 aromatic rings. The zero-order valence-electron chi connectivity index (χ0n) is 13.7. The van der Waals surface area contributed by atoms with Crippen molar-refractivity contribution >= 4 is 11.7 Å². The SMILES string of the molecule is COCCNC(=O)c1cc(NC(C)C)nc(-c2ccccc2)n1. The Labute approximate surface area is 136 Å². The summed E-state index contributed by atoms with van der Waals surface area (Å²) in [7, 11) is 1.59. The molecule has 23 heavy (non-hydrogen) atoms.